The Kier molecular flexibility index (Phi) is 6.09. The lowest BCUT2D eigenvalue weighted by Crippen LogP contribution is -2.03. The molecule has 0 amide bonds. The van der Waals surface area contributed by atoms with Gasteiger partial charge in [-0.15, -0.1) is 0 Å². The van der Waals surface area contributed by atoms with Gasteiger partial charge in [0.1, 0.15) is 0 Å². The van der Waals surface area contributed by atoms with Crippen molar-refractivity contribution in [2.45, 2.75) is 6.61 Å². The molecule has 2 aromatic rings. The van der Waals surface area contributed by atoms with E-state index in [2.05, 4.69) is 27.3 Å². The third-order valence-electron chi connectivity index (χ3n) is 2.96. The molecule has 0 atom stereocenters. The number of ether oxygens (including phenoxy) is 2. The van der Waals surface area contributed by atoms with E-state index in [4.69, 9.17) is 4.74 Å². The van der Waals surface area contributed by atoms with Gasteiger partial charge < -0.3 is 9.47 Å². The van der Waals surface area contributed by atoms with Crippen molar-refractivity contribution in [2.75, 3.05) is 7.11 Å². The summed E-state index contributed by atoms with van der Waals surface area (Å²) >= 11 is 2.16. The summed E-state index contributed by atoms with van der Waals surface area (Å²) in [5.74, 6) is -0.0222. The fraction of sp³-hybridized carbons (Fsp3) is 0.118. The number of methoxy groups -OCH3 is 1. The molecular formula is C17H13F2IO3. The number of rotatable bonds is 6. The third-order valence-corrected chi connectivity index (χ3v) is 3.68. The molecule has 0 bridgehead atoms. The molecule has 0 aliphatic heterocycles. The number of allylic oxidation sites excluding steroid dienone is 1. The number of benzene rings is 2. The summed E-state index contributed by atoms with van der Waals surface area (Å²) in [6, 6.07) is 11.7. The van der Waals surface area contributed by atoms with Crippen LogP contribution < -0.4 is 9.47 Å². The Morgan fingerprint density at radius 2 is 1.83 bits per heavy atom. The van der Waals surface area contributed by atoms with Gasteiger partial charge in [0.25, 0.3) is 0 Å². The predicted octanol–water partition coefficient (Wildman–Crippen LogP) is 4.80. The monoisotopic (exact) mass is 430 g/mol. The molecule has 0 aliphatic rings. The highest BCUT2D eigenvalue weighted by molar-refractivity contribution is 14.1. The minimum absolute atomic E-state index is 0.0522. The molecule has 0 aliphatic carbocycles. The molecule has 0 radical (unpaired) electrons. The van der Waals surface area contributed by atoms with E-state index >= 15 is 0 Å². The quantitative estimate of drug-likeness (QED) is 0.376. The molecule has 3 nitrogen and oxygen atoms in total. The number of halogens is 3. The van der Waals surface area contributed by atoms with Crippen molar-refractivity contribution < 1.29 is 23.0 Å². The lowest BCUT2D eigenvalue weighted by molar-refractivity contribution is -0.0512. The zero-order chi connectivity index (χ0) is 16.8. The molecule has 120 valence electrons. The van der Waals surface area contributed by atoms with Crippen molar-refractivity contribution in [3.63, 3.8) is 0 Å². The summed E-state index contributed by atoms with van der Waals surface area (Å²) in [6.45, 7) is -2.92. The van der Waals surface area contributed by atoms with Crippen LogP contribution in [-0.4, -0.2) is 19.5 Å². The van der Waals surface area contributed by atoms with E-state index in [0.29, 0.717) is 11.1 Å². The molecule has 0 unspecified atom stereocenters. The molecule has 2 rings (SSSR count). The second kappa shape index (κ2) is 8.05. The number of hydrogen-bond donors (Lipinski definition) is 0. The molecule has 0 fully saturated rings. The second-order valence-electron chi connectivity index (χ2n) is 4.49. The molecule has 6 heteroatoms. The lowest BCUT2D eigenvalue weighted by atomic mass is 10.1. The van der Waals surface area contributed by atoms with Crippen molar-refractivity contribution >= 4 is 34.5 Å². The van der Waals surface area contributed by atoms with Crippen molar-refractivity contribution in [3.8, 4) is 11.5 Å². The maximum absolute atomic E-state index is 12.3. The second-order valence-corrected chi connectivity index (χ2v) is 5.74. The van der Waals surface area contributed by atoms with Gasteiger partial charge in [-0.05, 0) is 58.5 Å². The molecule has 0 saturated carbocycles. The Balaban J connectivity index is 2.15. The van der Waals surface area contributed by atoms with E-state index in [1.165, 1.54) is 25.3 Å². The van der Waals surface area contributed by atoms with Crippen molar-refractivity contribution in [1.29, 1.82) is 0 Å². The van der Waals surface area contributed by atoms with Crippen LogP contribution in [0, 0.1) is 3.57 Å². The molecule has 0 aromatic heterocycles. The van der Waals surface area contributed by atoms with Crippen LogP contribution in [0.5, 0.6) is 11.5 Å². The smallest absolute Gasteiger partial charge is 0.387 e. The van der Waals surface area contributed by atoms with E-state index in [0.717, 1.165) is 3.57 Å². The van der Waals surface area contributed by atoms with Crippen LogP contribution >= 0.6 is 22.6 Å². The normalized spacial score (nSPS) is 11.0. The summed E-state index contributed by atoms with van der Waals surface area (Å²) in [4.78, 5) is 12.1. The zero-order valence-corrected chi connectivity index (χ0v) is 14.3. The Labute approximate surface area is 146 Å². The van der Waals surface area contributed by atoms with Crippen LogP contribution in [0.4, 0.5) is 8.78 Å². The van der Waals surface area contributed by atoms with Crippen LogP contribution in [0.15, 0.2) is 48.5 Å². The SMILES string of the molecule is COc1cc(C=CC(=O)c2ccc(I)cc2)ccc1OC(F)F. The Hall–Kier alpha value is -1.96. The minimum Gasteiger partial charge on any atom is -0.493 e. The van der Waals surface area contributed by atoms with Crippen LogP contribution in [-0.2, 0) is 0 Å². The van der Waals surface area contributed by atoms with Gasteiger partial charge >= 0.3 is 6.61 Å². The van der Waals surface area contributed by atoms with E-state index in [-0.39, 0.29) is 17.3 Å². The average Bonchev–Trinajstić information content (AvgIpc) is 2.53. The number of carbonyl (C=O) groups excluding carboxylic acids is 1. The van der Waals surface area contributed by atoms with Gasteiger partial charge in [-0.25, -0.2) is 0 Å². The van der Waals surface area contributed by atoms with Gasteiger partial charge in [0.15, 0.2) is 17.3 Å². The number of ketones is 1. The first kappa shape index (κ1) is 17.4. The molecule has 23 heavy (non-hydrogen) atoms. The highest BCUT2D eigenvalue weighted by Gasteiger charge is 2.10. The fourth-order valence-electron chi connectivity index (χ4n) is 1.86. The Morgan fingerprint density at radius 3 is 2.43 bits per heavy atom. The first-order chi connectivity index (χ1) is 11.0. The van der Waals surface area contributed by atoms with Crippen LogP contribution in [0.1, 0.15) is 15.9 Å². The predicted molar refractivity (Wildman–Crippen MR) is 92.1 cm³/mol. The summed E-state index contributed by atoms with van der Waals surface area (Å²) in [7, 11) is 1.36. The summed E-state index contributed by atoms with van der Waals surface area (Å²) in [5.41, 5.74) is 1.22. The average molecular weight is 430 g/mol. The van der Waals surface area contributed by atoms with Crippen LogP contribution in [0.3, 0.4) is 0 Å². The van der Waals surface area contributed by atoms with E-state index in [1.54, 1.807) is 24.3 Å². The van der Waals surface area contributed by atoms with Crippen LogP contribution in [0.2, 0.25) is 0 Å². The standard InChI is InChI=1S/C17H13F2IO3/c1-22-16-10-11(3-9-15(16)23-17(18)19)2-8-14(21)12-4-6-13(20)7-5-12/h2-10,17H,1H3. The van der Waals surface area contributed by atoms with E-state index in [1.807, 2.05) is 12.1 Å². The van der Waals surface area contributed by atoms with Gasteiger partial charge in [0.05, 0.1) is 7.11 Å². The van der Waals surface area contributed by atoms with Gasteiger partial charge in [0, 0.05) is 9.13 Å². The fourth-order valence-corrected chi connectivity index (χ4v) is 2.22. The maximum atomic E-state index is 12.3. The third kappa shape index (κ3) is 5.02. The van der Waals surface area contributed by atoms with Crippen molar-refractivity contribution in [1.82, 2.24) is 0 Å². The summed E-state index contributed by atoms with van der Waals surface area (Å²) < 4.78 is 34.9. The number of hydrogen-bond acceptors (Lipinski definition) is 3. The van der Waals surface area contributed by atoms with Crippen molar-refractivity contribution in [3.05, 3.63) is 63.2 Å². The van der Waals surface area contributed by atoms with Gasteiger partial charge in [0.2, 0.25) is 0 Å². The number of carbonyl (C=O) groups is 1. The topological polar surface area (TPSA) is 35.5 Å². The number of alkyl halides is 2. The molecule has 0 heterocycles. The first-order valence-corrected chi connectivity index (χ1v) is 7.68. The first-order valence-electron chi connectivity index (χ1n) is 6.60. The van der Waals surface area contributed by atoms with Crippen molar-refractivity contribution in [2.24, 2.45) is 0 Å². The molecule has 0 saturated heterocycles. The highest BCUT2D eigenvalue weighted by atomic mass is 127. The van der Waals surface area contributed by atoms with Gasteiger partial charge in [-0.1, -0.05) is 24.3 Å². The van der Waals surface area contributed by atoms with E-state index in [9.17, 15) is 13.6 Å². The van der Waals surface area contributed by atoms with Crippen LogP contribution in [0.25, 0.3) is 6.08 Å². The van der Waals surface area contributed by atoms with Gasteiger partial charge in [-0.2, -0.15) is 8.78 Å². The Morgan fingerprint density at radius 1 is 1.13 bits per heavy atom. The summed E-state index contributed by atoms with van der Waals surface area (Å²) in [5, 5.41) is 0. The van der Waals surface area contributed by atoms with E-state index < -0.39 is 6.61 Å². The van der Waals surface area contributed by atoms with Gasteiger partial charge in [-0.3, -0.25) is 4.79 Å². The maximum Gasteiger partial charge on any atom is 0.387 e. The molecule has 0 spiro atoms. The Bertz CT molecular complexity index is 712. The molecule has 2 aromatic carbocycles. The highest BCUT2D eigenvalue weighted by Crippen LogP contribution is 2.29. The largest absolute Gasteiger partial charge is 0.493 e. The summed E-state index contributed by atoms with van der Waals surface area (Å²) in [6.07, 6.45) is 3.01. The molecule has 0 N–H and O–H groups in total. The minimum atomic E-state index is -2.92. The lowest BCUT2D eigenvalue weighted by Gasteiger charge is -2.10. The zero-order valence-electron chi connectivity index (χ0n) is 12.1. The molecular weight excluding hydrogens is 417 g/mol.